The van der Waals surface area contributed by atoms with Gasteiger partial charge in [0, 0.05) is 39.5 Å². The molecule has 1 saturated heterocycles. The molecular formula is C13H25N3O2. The van der Waals surface area contributed by atoms with Crippen LogP contribution in [0.4, 0.5) is 0 Å². The van der Waals surface area contributed by atoms with Crippen molar-refractivity contribution in [3.8, 4) is 0 Å². The smallest absolute Gasteiger partial charge is 0.225 e. The van der Waals surface area contributed by atoms with E-state index in [0.29, 0.717) is 6.42 Å². The fourth-order valence-electron chi connectivity index (χ4n) is 2.32. The monoisotopic (exact) mass is 255 g/mol. The van der Waals surface area contributed by atoms with Gasteiger partial charge < -0.3 is 15.1 Å². The highest BCUT2D eigenvalue weighted by Gasteiger charge is 2.27. The van der Waals surface area contributed by atoms with E-state index >= 15 is 0 Å². The van der Waals surface area contributed by atoms with Crippen LogP contribution in [0.2, 0.25) is 0 Å². The van der Waals surface area contributed by atoms with Crippen LogP contribution in [-0.2, 0) is 9.59 Å². The van der Waals surface area contributed by atoms with Crippen LogP contribution in [0.25, 0.3) is 0 Å². The quantitative estimate of drug-likeness (QED) is 0.720. The second-order valence-corrected chi connectivity index (χ2v) is 5.09. The van der Waals surface area contributed by atoms with Gasteiger partial charge in [0.25, 0.3) is 0 Å². The van der Waals surface area contributed by atoms with Gasteiger partial charge in [0.2, 0.25) is 11.8 Å². The summed E-state index contributed by atoms with van der Waals surface area (Å²) in [5.74, 6) is 0.514. The van der Waals surface area contributed by atoms with E-state index in [1.807, 2.05) is 11.9 Å². The first kappa shape index (κ1) is 15.0. The molecule has 0 aliphatic carbocycles. The van der Waals surface area contributed by atoms with Crippen LogP contribution in [0.3, 0.4) is 0 Å². The van der Waals surface area contributed by atoms with Crippen LogP contribution in [-0.4, -0.2) is 62.4 Å². The Morgan fingerprint density at radius 2 is 1.89 bits per heavy atom. The Kier molecular flexibility index (Phi) is 6.12. The number of carbonyl (C=O) groups is 2. The summed E-state index contributed by atoms with van der Waals surface area (Å²) in [7, 11) is 5.47. The zero-order valence-electron chi connectivity index (χ0n) is 11.7. The number of carbonyl (C=O) groups excluding carboxylic acids is 2. The predicted molar refractivity (Wildman–Crippen MR) is 71.2 cm³/mol. The average Bonchev–Trinajstić information content (AvgIpc) is 2.38. The molecule has 0 radical (unpaired) electrons. The zero-order valence-corrected chi connectivity index (χ0v) is 11.7. The van der Waals surface area contributed by atoms with Gasteiger partial charge in [0.05, 0.1) is 0 Å². The summed E-state index contributed by atoms with van der Waals surface area (Å²) in [5.41, 5.74) is 0. The summed E-state index contributed by atoms with van der Waals surface area (Å²) in [6.07, 6.45) is 3.09. The zero-order chi connectivity index (χ0) is 13.5. The van der Waals surface area contributed by atoms with Crippen molar-refractivity contribution in [1.29, 1.82) is 0 Å². The molecule has 1 aliphatic rings. The predicted octanol–water partition coefficient (Wildman–Crippen LogP) is 0.313. The largest absolute Gasteiger partial charge is 0.349 e. The van der Waals surface area contributed by atoms with Gasteiger partial charge >= 0.3 is 0 Å². The summed E-state index contributed by atoms with van der Waals surface area (Å²) >= 11 is 0. The van der Waals surface area contributed by atoms with Gasteiger partial charge in [-0.05, 0) is 32.9 Å². The van der Waals surface area contributed by atoms with Crippen LogP contribution < -0.4 is 5.32 Å². The minimum atomic E-state index is 0.0985. The van der Waals surface area contributed by atoms with E-state index in [1.54, 1.807) is 19.0 Å². The summed E-state index contributed by atoms with van der Waals surface area (Å²) < 4.78 is 0. The molecule has 0 aromatic carbocycles. The molecule has 1 aliphatic heterocycles. The van der Waals surface area contributed by atoms with E-state index < -0.39 is 0 Å². The van der Waals surface area contributed by atoms with Crippen molar-refractivity contribution in [2.75, 3.05) is 40.8 Å². The lowest BCUT2D eigenvalue weighted by Crippen LogP contribution is -2.42. The Bertz CT molecular complexity index is 284. The molecule has 104 valence electrons. The van der Waals surface area contributed by atoms with Crippen LogP contribution in [0.5, 0.6) is 0 Å². The molecule has 0 saturated carbocycles. The second kappa shape index (κ2) is 7.36. The number of nitrogens with one attached hydrogen (secondary N) is 1. The van der Waals surface area contributed by atoms with E-state index in [9.17, 15) is 9.59 Å². The van der Waals surface area contributed by atoms with Crippen LogP contribution in [0, 0.1) is 5.92 Å². The molecule has 1 rings (SSSR count). The van der Waals surface area contributed by atoms with Gasteiger partial charge in [-0.1, -0.05) is 0 Å². The fourth-order valence-corrected chi connectivity index (χ4v) is 2.32. The highest BCUT2D eigenvalue weighted by molar-refractivity contribution is 5.79. The van der Waals surface area contributed by atoms with Crippen LogP contribution in [0.15, 0.2) is 0 Å². The van der Waals surface area contributed by atoms with Gasteiger partial charge in [0.1, 0.15) is 0 Å². The van der Waals surface area contributed by atoms with Crippen molar-refractivity contribution in [3.05, 3.63) is 0 Å². The van der Waals surface area contributed by atoms with E-state index in [1.165, 1.54) is 0 Å². The SMILES string of the molecule is CNCCCC(=O)N1CCC(C(=O)N(C)C)CC1. The van der Waals surface area contributed by atoms with Gasteiger partial charge in [-0.15, -0.1) is 0 Å². The highest BCUT2D eigenvalue weighted by atomic mass is 16.2. The van der Waals surface area contributed by atoms with Crippen molar-refractivity contribution in [3.63, 3.8) is 0 Å². The Morgan fingerprint density at radius 1 is 1.28 bits per heavy atom. The molecule has 0 unspecified atom stereocenters. The third-order valence-corrected chi connectivity index (χ3v) is 3.46. The van der Waals surface area contributed by atoms with Crippen LogP contribution in [0.1, 0.15) is 25.7 Å². The lowest BCUT2D eigenvalue weighted by Gasteiger charge is -2.32. The van der Waals surface area contributed by atoms with Gasteiger partial charge in [-0.3, -0.25) is 9.59 Å². The molecule has 5 heteroatoms. The first-order valence-electron chi connectivity index (χ1n) is 6.69. The molecule has 1 N–H and O–H groups in total. The third kappa shape index (κ3) is 4.29. The first-order valence-corrected chi connectivity index (χ1v) is 6.69. The summed E-state index contributed by atoms with van der Waals surface area (Å²) in [6, 6.07) is 0. The first-order chi connectivity index (χ1) is 8.56. The molecule has 5 nitrogen and oxygen atoms in total. The molecule has 0 aromatic heterocycles. The normalized spacial score (nSPS) is 16.7. The number of likely N-dealkylation sites (tertiary alicyclic amines) is 1. The minimum absolute atomic E-state index is 0.0985. The summed E-state index contributed by atoms with van der Waals surface area (Å²) in [5, 5.41) is 3.04. The number of hydrogen-bond donors (Lipinski definition) is 1. The Labute approximate surface area is 110 Å². The maximum Gasteiger partial charge on any atom is 0.225 e. The summed E-state index contributed by atoms with van der Waals surface area (Å²) in [4.78, 5) is 27.2. The number of hydrogen-bond acceptors (Lipinski definition) is 3. The van der Waals surface area contributed by atoms with E-state index in [0.717, 1.165) is 38.9 Å². The standard InChI is InChI=1S/C13H25N3O2/c1-14-8-4-5-12(17)16-9-6-11(7-10-16)13(18)15(2)3/h11,14H,4-10H2,1-3H3. The molecule has 2 amide bonds. The lowest BCUT2D eigenvalue weighted by atomic mass is 9.95. The van der Waals surface area contributed by atoms with E-state index in [-0.39, 0.29) is 17.7 Å². The maximum absolute atomic E-state index is 11.9. The summed E-state index contributed by atoms with van der Waals surface area (Å²) in [6.45, 7) is 2.33. The minimum Gasteiger partial charge on any atom is -0.349 e. The Morgan fingerprint density at radius 3 is 2.39 bits per heavy atom. The van der Waals surface area contributed by atoms with E-state index in [4.69, 9.17) is 0 Å². The number of amides is 2. The molecule has 1 heterocycles. The van der Waals surface area contributed by atoms with Crippen molar-refractivity contribution < 1.29 is 9.59 Å². The molecule has 18 heavy (non-hydrogen) atoms. The molecule has 0 aromatic rings. The highest BCUT2D eigenvalue weighted by Crippen LogP contribution is 2.19. The molecular weight excluding hydrogens is 230 g/mol. The number of piperidine rings is 1. The lowest BCUT2D eigenvalue weighted by molar-refractivity contribution is -0.139. The van der Waals surface area contributed by atoms with Gasteiger partial charge in [-0.2, -0.15) is 0 Å². The van der Waals surface area contributed by atoms with Crippen molar-refractivity contribution >= 4 is 11.8 Å². The Balaban J connectivity index is 2.30. The second-order valence-electron chi connectivity index (χ2n) is 5.09. The molecule has 0 spiro atoms. The molecule has 1 fully saturated rings. The molecule has 0 atom stereocenters. The van der Waals surface area contributed by atoms with Crippen molar-refractivity contribution in [2.24, 2.45) is 5.92 Å². The Hall–Kier alpha value is -1.10. The van der Waals surface area contributed by atoms with Crippen LogP contribution >= 0.6 is 0 Å². The fraction of sp³-hybridized carbons (Fsp3) is 0.846. The molecule has 0 bridgehead atoms. The number of nitrogens with zero attached hydrogens (tertiary/aromatic N) is 2. The maximum atomic E-state index is 11.9. The average molecular weight is 255 g/mol. The van der Waals surface area contributed by atoms with Crippen molar-refractivity contribution in [1.82, 2.24) is 15.1 Å². The van der Waals surface area contributed by atoms with Gasteiger partial charge in [0.15, 0.2) is 0 Å². The topological polar surface area (TPSA) is 52.7 Å². The van der Waals surface area contributed by atoms with E-state index in [2.05, 4.69) is 5.32 Å². The van der Waals surface area contributed by atoms with Crippen molar-refractivity contribution in [2.45, 2.75) is 25.7 Å². The van der Waals surface area contributed by atoms with Gasteiger partial charge in [-0.25, -0.2) is 0 Å². The number of rotatable bonds is 5. The third-order valence-electron chi connectivity index (χ3n) is 3.46.